The lowest BCUT2D eigenvalue weighted by Crippen LogP contribution is -2.24. The molecule has 2 fully saturated rings. The van der Waals surface area contributed by atoms with Crippen molar-refractivity contribution in [3.8, 4) is 0 Å². The van der Waals surface area contributed by atoms with Crippen LogP contribution in [-0.2, 0) is 6.42 Å². The monoisotopic (exact) mass is 227 g/mol. The van der Waals surface area contributed by atoms with Gasteiger partial charge in [0.15, 0.2) is 0 Å². The standard InChI is InChI=1S/C11H14ClNS/c12-6-11(2-8-1-9(8)3-11)4-10-5-14-7-13-10/h5,7-9H,1-4,6H2. The quantitative estimate of drug-likeness (QED) is 0.722. The van der Waals surface area contributed by atoms with Gasteiger partial charge >= 0.3 is 0 Å². The molecule has 0 amide bonds. The van der Waals surface area contributed by atoms with Crippen molar-refractivity contribution in [1.29, 1.82) is 0 Å². The predicted molar refractivity (Wildman–Crippen MR) is 59.8 cm³/mol. The topological polar surface area (TPSA) is 12.9 Å². The minimum Gasteiger partial charge on any atom is -0.250 e. The molecule has 14 heavy (non-hydrogen) atoms. The first-order valence-electron chi connectivity index (χ1n) is 5.24. The largest absolute Gasteiger partial charge is 0.250 e. The third-order valence-corrected chi connectivity index (χ3v) is 4.98. The Bertz CT molecular complexity index is 312. The Balaban J connectivity index is 1.75. The van der Waals surface area contributed by atoms with Crippen LogP contribution in [0.25, 0.3) is 0 Å². The highest BCUT2D eigenvalue weighted by molar-refractivity contribution is 7.07. The lowest BCUT2D eigenvalue weighted by atomic mass is 9.81. The molecule has 2 saturated carbocycles. The van der Waals surface area contributed by atoms with Crippen molar-refractivity contribution in [3.05, 3.63) is 16.6 Å². The molecule has 0 bridgehead atoms. The zero-order valence-electron chi connectivity index (χ0n) is 8.08. The van der Waals surface area contributed by atoms with Gasteiger partial charge in [-0.3, -0.25) is 0 Å². The maximum Gasteiger partial charge on any atom is 0.0794 e. The summed E-state index contributed by atoms with van der Waals surface area (Å²) in [4.78, 5) is 4.37. The van der Waals surface area contributed by atoms with Gasteiger partial charge in [0.1, 0.15) is 0 Å². The van der Waals surface area contributed by atoms with Gasteiger partial charge in [-0.05, 0) is 42.9 Å². The first kappa shape index (κ1) is 9.17. The van der Waals surface area contributed by atoms with Crippen LogP contribution in [-0.4, -0.2) is 10.9 Å². The Labute approximate surface area is 93.5 Å². The van der Waals surface area contributed by atoms with E-state index in [2.05, 4.69) is 10.4 Å². The number of halogens is 1. The van der Waals surface area contributed by atoms with Crippen molar-refractivity contribution < 1.29 is 0 Å². The highest BCUT2D eigenvalue weighted by atomic mass is 35.5. The highest BCUT2D eigenvalue weighted by Crippen LogP contribution is 2.61. The number of fused-ring (bicyclic) bond motifs is 1. The smallest absolute Gasteiger partial charge is 0.0794 e. The molecule has 0 aliphatic heterocycles. The summed E-state index contributed by atoms with van der Waals surface area (Å²) in [6.45, 7) is 0. The first-order valence-corrected chi connectivity index (χ1v) is 6.72. The number of aromatic nitrogens is 1. The van der Waals surface area contributed by atoms with Crippen LogP contribution in [0.4, 0.5) is 0 Å². The molecule has 3 heteroatoms. The molecule has 0 N–H and O–H groups in total. The second-order valence-corrected chi connectivity index (χ2v) is 5.94. The molecule has 0 spiro atoms. The van der Waals surface area contributed by atoms with Crippen molar-refractivity contribution in [1.82, 2.24) is 4.98 Å². The van der Waals surface area contributed by atoms with Crippen LogP contribution in [0, 0.1) is 17.3 Å². The van der Waals surface area contributed by atoms with Crippen LogP contribution in [0.1, 0.15) is 25.0 Å². The van der Waals surface area contributed by atoms with Crippen LogP contribution in [0.2, 0.25) is 0 Å². The Kier molecular flexibility index (Phi) is 2.10. The van der Waals surface area contributed by atoms with Crippen molar-refractivity contribution in [2.24, 2.45) is 17.3 Å². The van der Waals surface area contributed by atoms with Crippen LogP contribution < -0.4 is 0 Å². The minimum absolute atomic E-state index is 0.392. The molecule has 0 aromatic carbocycles. The number of alkyl halides is 1. The van der Waals surface area contributed by atoms with Gasteiger partial charge in [-0.1, -0.05) is 0 Å². The molecule has 1 aromatic rings. The molecule has 2 aliphatic carbocycles. The minimum atomic E-state index is 0.392. The van der Waals surface area contributed by atoms with Gasteiger partial charge in [-0.2, -0.15) is 0 Å². The number of rotatable bonds is 3. The summed E-state index contributed by atoms with van der Waals surface area (Å²) >= 11 is 7.83. The normalized spacial score (nSPS) is 39.8. The van der Waals surface area contributed by atoms with Gasteiger partial charge in [-0.15, -0.1) is 22.9 Å². The highest BCUT2D eigenvalue weighted by Gasteiger charge is 2.53. The van der Waals surface area contributed by atoms with E-state index in [0.717, 1.165) is 24.1 Å². The number of nitrogens with zero attached hydrogens (tertiary/aromatic N) is 1. The van der Waals surface area contributed by atoms with Crippen molar-refractivity contribution in [3.63, 3.8) is 0 Å². The molecular formula is C11H14ClNS. The molecular weight excluding hydrogens is 214 g/mol. The van der Waals surface area contributed by atoms with E-state index >= 15 is 0 Å². The van der Waals surface area contributed by atoms with Crippen LogP contribution in [0.15, 0.2) is 10.9 Å². The fourth-order valence-electron chi connectivity index (χ4n) is 3.02. The third-order valence-electron chi connectivity index (χ3n) is 3.78. The van der Waals surface area contributed by atoms with Crippen molar-refractivity contribution in [2.45, 2.75) is 25.7 Å². The average Bonchev–Trinajstić information content (AvgIpc) is 2.68. The Morgan fingerprint density at radius 3 is 2.86 bits per heavy atom. The zero-order chi connectivity index (χ0) is 9.60. The van der Waals surface area contributed by atoms with E-state index < -0.39 is 0 Å². The van der Waals surface area contributed by atoms with Gasteiger partial charge in [0, 0.05) is 11.3 Å². The van der Waals surface area contributed by atoms with Crippen molar-refractivity contribution >= 4 is 22.9 Å². The number of hydrogen-bond donors (Lipinski definition) is 0. The van der Waals surface area contributed by atoms with Gasteiger partial charge < -0.3 is 0 Å². The Morgan fingerprint density at radius 2 is 2.29 bits per heavy atom. The van der Waals surface area contributed by atoms with Crippen LogP contribution in [0.5, 0.6) is 0 Å². The first-order chi connectivity index (χ1) is 6.81. The fraction of sp³-hybridized carbons (Fsp3) is 0.727. The SMILES string of the molecule is ClCC1(Cc2cscn2)CC2CC2C1. The van der Waals surface area contributed by atoms with Gasteiger partial charge in [-0.25, -0.2) is 4.98 Å². The Hall–Kier alpha value is -0.0800. The molecule has 76 valence electrons. The maximum atomic E-state index is 6.14. The molecule has 0 saturated heterocycles. The van der Waals surface area contributed by atoms with Crippen LogP contribution in [0.3, 0.4) is 0 Å². The summed E-state index contributed by atoms with van der Waals surface area (Å²) in [6.07, 6.45) is 5.26. The maximum absolute atomic E-state index is 6.14. The van der Waals surface area contributed by atoms with E-state index in [-0.39, 0.29) is 0 Å². The average molecular weight is 228 g/mol. The van der Waals surface area contributed by atoms with E-state index in [1.807, 2.05) is 5.51 Å². The fourth-order valence-corrected chi connectivity index (χ4v) is 3.89. The summed E-state index contributed by atoms with van der Waals surface area (Å²) in [5.41, 5.74) is 3.56. The lowest BCUT2D eigenvalue weighted by molar-refractivity contribution is 0.300. The van der Waals surface area contributed by atoms with E-state index in [1.54, 1.807) is 11.3 Å². The molecule has 0 radical (unpaired) electrons. The molecule has 1 heterocycles. The molecule has 2 atom stereocenters. The molecule has 2 unspecified atom stereocenters. The van der Waals surface area contributed by atoms with Crippen molar-refractivity contribution in [2.75, 3.05) is 5.88 Å². The number of thiazole rings is 1. The van der Waals surface area contributed by atoms with Crippen LogP contribution >= 0.6 is 22.9 Å². The molecule has 1 nitrogen and oxygen atoms in total. The summed E-state index contributed by atoms with van der Waals surface area (Å²) in [5.74, 6) is 2.83. The van der Waals surface area contributed by atoms with E-state index in [0.29, 0.717) is 5.41 Å². The lowest BCUT2D eigenvalue weighted by Gasteiger charge is -2.27. The Morgan fingerprint density at radius 1 is 1.50 bits per heavy atom. The third kappa shape index (κ3) is 1.49. The second-order valence-electron chi connectivity index (χ2n) is 4.95. The molecule has 2 aliphatic rings. The van der Waals surface area contributed by atoms with Gasteiger partial charge in [0.25, 0.3) is 0 Å². The second kappa shape index (κ2) is 3.21. The molecule has 1 aromatic heterocycles. The van der Waals surface area contributed by atoms with Gasteiger partial charge in [0.2, 0.25) is 0 Å². The summed E-state index contributed by atoms with van der Waals surface area (Å²) < 4.78 is 0. The molecule has 3 rings (SSSR count). The summed E-state index contributed by atoms with van der Waals surface area (Å²) in [6, 6.07) is 0. The summed E-state index contributed by atoms with van der Waals surface area (Å²) in [5, 5.41) is 2.16. The van der Waals surface area contributed by atoms with E-state index in [1.165, 1.54) is 25.0 Å². The van der Waals surface area contributed by atoms with Gasteiger partial charge in [0.05, 0.1) is 11.2 Å². The summed E-state index contributed by atoms with van der Waals surface area (Å²) in [7, 11) is 0. The van der Waals surface area contributed by atoms with E-state index in [9.17, 15) is 0 Å². The predicted octanol–water partition coefficient (Wildman–Crippen LogP) is 3.34. The van der Waals surface area contributed by atoms with E-state index in [4.69, 9.17) is 11.6 Å². The zero-order valence-corrected chi connectivity index (χ0v) is 9.65. The number of hydrogen-bond acceptors (Lipinski definition) is 2.